The topological polar surface area (TPSA) is 73.6 Å². The van der Waals surface area contributed by atoms with E-state index >= 15 is 0 Å². The van der Waals surface area contributed by atoms with Crippen molar-refractivity contribution in [1.82, 2.24) is 0 Å². The number of nitrogens with one attached hydrogen (secondary N) is 1. The summed E-state index contributed by atoms with van der Waals surface area (Å²) in [6.45, 7) is 3.49. The van der Waals surface area contributed by atoms with Gasteiger partial charge >= 0.3 is 0 Å². The van der Waals surface area contributed by atoms with Crippen LogP contribution in [0.25, 0.3) is 0 Å². The van der Waals surface area contributed by atoms with Crippen molar-refractivity contribution in [2.24, 2.45) is 5.73 Å². The molecule has 0 radical (unpaired) electrons. The van der Waals surface area contributed by atoms with Crippen molar-refractivity contribution >= 4 is 24.0 Å². The molecule has 1 amide bonds. The van der Waals surface area contributed by atoms with Gasteiger partial charge in [-0.3, -0.25) is 4.79 Å². The van der Waals surface area contributed by atoms with Crippen LogP contribution < -0.4 is 11.1 Å². The number of benzene rings is 1. The molecule has 0 fully saturated rings. The lowest BCUT2D eigenvalue weighted by Crippen LogP contribution is -2.28. The fraction of sp³-hybridized carbons (Fsp3) is 0.500. The van der Waals surface area contributed by atoms with E-state index in [1.807, 2.05) is 31.2 Å². The van der Waals surface area contributed by atoms with E-state index in [1.165, 1.54) is 0 Å². The summed E-state index contributed by atoms with van der Waals surface area (Å²) in [5.74, 6) is -0.106. The van der Waals surface area contributed by atoms with Crippen molar-refractivity contribution in [3.05, 3.63) is 29.8 Å². The quantitative estimate of drug-likeness (QED) is 0.770. The van der Waals surface area contributed by atoms with E-state index in [4.69, 9.17) is 15.2 Å². The average Bonchev–Trinajstić information content (AvgIpc) is 2.43. The molecule has 1 unspecified atom stereocenters. The van der Waals surface area contributed by atoms with Gasteiger partial charge in [0.2, 0.25) is 5.91 Å². The summed E-state index contributed by atoms with van der Waals surface area (Å²) >= 11 is 0. The summed E-state index contributed by atoms with van der Waals surface area (Å²) in [6, 6.07) is 7.60. The highest BCUT2D eigenvalue weighted by atomic mass is 35.5. The van der Waals surface area contributed by atoms with Crippen LogP contribution >= 0.6 is 12.4 Å². The molecule has 1 aromatic carbocycles. The van der Waals surface area contributed by atoms with Crippen LogP contribution in [0, 0.1) is 0 Å². The van der Waals surface area contributed by atoms with E-state index in [9.17, 15) is 4.79 Å². The van der Waals surface area contributed by atoms with Gasteiger partial charge in [0.15, 0.2) is 0 Å². The highest BCUT2D eigenvalue weighted by molar-refractivity contribution is 5.91. The monoisotopic (exact) mass is 302 g/mol. The average molecular weight is 303 g/mol. The van der Waals surface area contributed by atoms with Gasteiger partial charge in [-0.1, -0.05) is 12.1 Å². The molecule has 6 heteroatoms. The molecule has 3 N–H and O–H groups in total. The molecule has 0 saturated heterocycles. The summed E-state index contributed by atoms with van der Waals surface area (Å²) in [7, 11) is 1.55. The normalized spacial score (nSPS) is 11.6. The Balaban J connectivity index is 0.00000361. The first-order chi connectivity index (χ1) is 9.19. The fourth-order valence-corrected chi connectivity index (χ4v) is 1.64. The predicted octanol–water partition coefficient (Wildman–Crippen LogP) is 1.95. The Kier molecular flexibility index (Phi) is 10.0. The zero-order valence-electron chi connectivity index (χ0n) is 11.9. The van der Waals surface area contributed by atoms with E-state index in [2.05, 4.69) is 5.32 Å². The Hall–Kier alpha value is -1.14. The molecule has 0 heterocycles. The molecule has 0 aliphatic rings. The number of nitrogens with two attached hydrogens (primary N) is 1. The molecule has 0 saturated carbocycles. The second kappa shape index (κ2) is 10.6. The molecule has 0 aliphatic heterocycles. The van der Waals surface area contributed by atoms with Crippen molar-refractivity contribution in [1.29, 1.82) is 0 Å². The first-order valence-electron chi connectivity index (χ1n) is 6.39. The SMILES string of the molecule is CCOCc1cccc(NC(=O)CC(CN)OC)c1.Cl. The fourth-order valence-electron chi connectivity index (χ4n) is 1.64. The summed E-state index contributed by atoms with van der Waals surface area (Å²) in [5, 5.41) is 2.83. The van der Waals surface area contributed by atoms with Crippen LogP contribution in [0.3, 0.4) is 0 Å². The second-order valence-corrected chi connectivity index (χ2v) is 4.18. The van der Waals surface area contributed by atoms with Crippen molar-refractivity contribution in [3.8, 4) is 0 Å². The molecule has 0 aliphatic carbocycles. The highest BCUT2D eigenvalue weighted by Gasteiger charge is 2.11. The Labute approximate surface area is 126 Å². The summed E-state index contributed by atoms with van der Waals surface area (Å²) in [5.41, 5.74) is 7.27. The van der Waals surface area contributed by atoms with Gasteiger partial charge in [-0.2, -0.15) is 0 Å². The molecule has 0 bridgehead atoms. The van der Waals surface area contributed by atoms with Crippen LogP contribution in [0.1, 0.15) is 18.9 Å². The third kappa shape index (κ3) is 6.86. The Morgan fingerprint density at radius 1 is 1.45 bits per heavy atom. The minimum atomic E-state index is -0.244. The van der Waals surface area contributed by atoms with Crippen molar-refractivity contribution < 1.29 is 14.3 Å². The lowest BCUT2D eigenvalue weighted by molar-refractivity contribution is -0.118. The maximum absolute atomic E-state index is 11.8. The third-order valence-corrected chi connectivity index (χ3v) is 2.69. The zero-order valence-corrected chi connectivity index (χ0v) is 12.7. The number of ether oxygens (including phenoxy) is 2. The van der Waals surface area contributed by atoms with Crippen molar-refractivity contribution in [3.63, 3.8) is 0 Å². The van der Waals surface area contributed by atoms with E-state index in [-0.39, 0.29) is 30.8 Å². The number of hydrogen-bond acceptors (Lipinski definition) is 4. The van der Waals surface area contributed by atoms with Crippen LogP contribution in [0.5, 0.6) is 0 Å². The molecule has 20 heavy (non-hydrogen) atoms. The molecular formula is C14H23ClN2O3. The summed E-state index contributed by atoms with van der Waals surface area (Å²) < 4.78 is 10.4. The van der Waals surface area contributed by atoms with Crippen LogP contribution in [0.15, 0.2) is 24.3 Å². The van der Waals surface area contributed by atoms with Gasteiger partial charge in [0.1, 0.15) is 0 Å². The maximum atomic E-state index is 11.8. The van der Waals surface area contributed by atoms with Crippen LogP contribution in [-0.4, -0.2) is 32.3 Å². The van der Waals surface area contributed by atoms with Crippen LogP contribution in [0.2, 0.25) is 0 Å². The number of halogens is 1. The number of carbonyl (C=O) groups is 1. The van der Waals surface area contributed by atoms with Gasteiger partial charge in [0.25, 0.3) is 0 Å². The molecule has 5 nitrogen and oxygen atoms in total. The zero-order chi connectivity index (χ0) is 14.1. The molecule has 0 aromatic heterocycles. The highest BCUT2D eigenvalue weighted by Crippen LogP contribution is 2.12. The minimum Gasteiger partial charge on any atom is -0.380 e. The largest absolute Gasteiger partial charge is 0.380 e. The second-order valence-electron chi connectivity index (χ2n) is 4.18. The van der Waals surface area contributed by atoms with Gasteiger partial charge in [-0.05, 0) is 24.6 Å². The standard InChI is InChI=1S/C14H22N2O3.ClH/c1-3-19-10-11-5-4-6-12(7-11)16-14(17)8-13(9-15)18-2;/h4-7,13H,3,8-10,15H2,1-2H3,(H,16,17);1H. The van der Waals surface area contributed by atoms with Crippen LogP contribution in [-0.2, 0) is 20.9 Å². The van der Waals surface area contributed by atoms with Gasteiger partial charge in [-0.25, -0.2) is 0 Å². The number of hydrogen-bond donors (Lipinski definition) is 2. The summed E-state index contributed by atoms with van der Waals surface area (Å²) in [4.78, 5) is 11.8. The lowest BCUT2D eigenvalue weighted by Gasteiger charge is -2.13. The molecule has 1 atom stereocenters. The number of carbonyl (C=O) groups excluding carboxylic acids is 1. The maximum Gasteiger partial charge on any atom is 0.227 e. The number of amides is 1. The molecular weight excluding hydrogens is 280 g/mol. The first-order valence-corrected chi connectivity index (χ1v) is 6.39. The molecule has 114 valence electrons. The molecule has 1 aromatic rings. The van der Waals surface area contributed by atoms with Gasteiger partial charge in [0, 0.05) is 25.9 Å². The summed E-state index contributed by atoms with van der Waals surface area (Å²) in [6.07, 6.45) is 0.00878. The van der Waals surface area contributed by atoms with E-state index in [1.54, 1.807) is 7.11 Å². The molecule has 0 spiro atoms. The Morgan fingerprint density at radius 2 is 2.20 bits per heavy atom. The van der Waals surface area contributed by atoms with E-state index in [0.717, 1.165) is 11.3 Å². The first kappa shape index (κ1) is 18.9. The van der Waals surface area contributed by atoms with E-state index in [0.29, 0.717) is 19.8 Å². The smallest absolute Gasteiger partial charge is 0.227 e. The number of methoxy groups -OCH3 is 1. The van der Waals surface area contributed by atoms with Crippen LogP contribution in [0.4, 0.5) is 5.69 Å². The number of anilines is 1. The van der Waals surface area contributed by atoms with Gasteiger partial charge < -0.3 is 20.5 Å². The Bertz CT molecular complexity index is 398. The van der Waals surface area contributed by atoms with Crippen molar-refractivity contribution in [2.45, 2.75) is 26.1 Å². The van der Waals surface area contributed by atoms with E-state index < -0.39 is 0 Å². The molecule has 1 rings (SSSR count). The minimum absolute atomic E-state index is 0. The van der Waals surface area contributed by atoms with Crippen molar-refractivity contribution in [2.75, 3.05) is 25.6 Å². The van der Waals surface area contributed by atoms with Gasteiger partial charge in [-0.15, -0.1) is 12.4 Å². The van der Waals surface area contributed by atoms with Gasteiger partial charge in [0.05, 0.1) is 19.1 Å². The Morgan fingerprint density at radius 3 is 2.80 bits per heavy atom. The lowest BCUT2D eigenvalue weighted by atomic mass is 10.2. The predicted molar refractivity (Wildman–Crippen MR) is 82.1 cm³/mol. The third-order valence-electron chi connectivity index (χ3n) is 2.69. The number of rotatable bonds is 8.